The maximum absolute atomic E-state index is 12.9. The second-order valence-electron chi connectivity index (χ2n) is 6.29. The third kappa shape index (κ3) is 2.74. The van der Waals surface area contributed by atoms with E-state index in [0.717, 1.165) is 35.2 Å². The zero-order chi connectivity index (χ0) is 17.2. The minimum absolute atomic E-state index is 0.193. The molecular weight excluding hydrogens is 310 g/mol. The highest BCUT2D eigenvalue weighted by atomic mass is 16.1. The normalized spacial score (nSPS) is 16.8. The second kappa shape index (κ2) is 6.37. The van der Waals surface area contributed by atoms with Crippen molar-refractivity contribution >= 4 is 5.78 Å². The first kappa shape index (κ1) is 15.3. The Morgan fingerprint density at radius 3 is 2.76 bits per heavy atom. The third-order valence-corrected chi connectivity index (χ3v) is 4.75. The lowest BCUT2D eigenvalue weighted by atomic mass is 9.90. The van der Waals surface area contributed by atoms with E-state index in [2.05, 4.69) is 11.1 Å². The maximum atomic E-state index is 12.9. The zero-order valence-corrected chi connectivity index (χ0v) is 13.7. The summed E-state index contributed by atoms with van der Waals surface area (Å²) in [6.07, 6.45) is 5.85. The van der Waals surface area contributed by atoms with Crippen LogP contribution in [0.1, 0.15) is 35.7 Å². The van der Waals surface area contributed by atoms with Crippen LogP contribution in [-0.4, -0.2) is 15.3 Å². The van der Waals surface area contributed by atoms with Gasteiger partial charge in [-0.25, -0.2) is 4.98 Å². The number of ketones is 1. The highest BCUT2D eigenvalue weighted by molar-refractivity contribution is 5.89. The third-order valence-electron chi connectivity index (χ3n) is 4.75. The minimum Gasteiger partial charge on any atom is -0.320 e. The average molecular weight is 327 g/mol. The molecule has 3 aromatic rings. The molecule has 122 valence electrons. The summed E-state index contributed by atoms with van der Waals surface area (Å²) in [5.74, 6) is 0.193. The Balaban J connectivity index is 1.94. The van der Waals surface area contributed by atoms with Gasteiger partial charge < -0.3 is 4.57 Å². The van der Waals surface area contributed by atoms with Gasteiger partial charge in [-0.1, -0.05) is 36.4 Å². The summed E-state index contributed by atoms with van der Waals surface area (Å²) in [6.45, 7) is 0. The SMILES string of the molecule is N#Cc1ccc(C2C(=O)CCCc3cncn32)c(-c2ccccc2)c1. The van der Waals surface area contributed by atoms with Crippen molar-refractivity contribution in [3.8, 4) is 17.2 Å². The maximum Gasteiger partial charge on any atom is 0.160 e. The molecule has 1 unspecified atom stereocenters. The van der Waals surface area contributed by atoms with Crippen LogP contribution < -0.4 is 0 Å². The highest BCUT2D eigenvalue weighted by Gasteiger charge is 2.29. The Morgan fingerprint density at radius 1 is 1.12 bits per heavy atom. The van der Waals surface area contributed by atoms with Crippen molar-refractivity contribution in [1.29, 1.82) is 5.26 Å². The standard InChI is InChI=1S/C21H17N3O/c22-12-15-9-10-18(19(11-15)16-5-2-1-3-6-16)21-20(25)8-4-7-17-13-23-14-24(17)21/h1-3,5-6,9-11,13-14,21H,4,7-8H2. The smallest absolute Gasteiger partial charge is 0.160 e. The Hall–Kier alpha value is -3.19. The molecule has 0 N–H and O–H groups in total. The van der Waals surface area contributed by atoms with Crippen molar-refractivity contribution in [3.63, 3.8) is 0 Å². The van der Waals surface area contributed by atoms with Crippen LogP contribution in [-0.2, 0) is 11.2 Å². The molecule has 0 spiro atoms. The van der Waals surface area contributed by atoms with Gasteiger partial charge in [0.25, 0.3) is 0 Å². The Morgan fingerprint density at radius 2 is 1.96 bits per heavy atom. The lowest BCUT2D eigenvalue weighted by Crippen LogP contribution is -2.20. The molecule has 0 saturated carbocycles. The molecule has 4 nitrogen and oxygen atoms in total. The zero-order valence-electron chi connectivity index (χ0n) is 13.7. The largest absolute Gasteiger partial charge is 0.320 e. The number of Topliss-reactive ketones (excluding diaryl/α,β-unsaturated/α-hetero) is 1. The predicted molar refractivity (Wildman–Crippen MR) is 94.9 cm³/mol. The monoisotopic (exact) mass is 327 g/mol. The van der Waals surface area contributed by atoms with E-state index in [1.165, 1.54) is 0 Å². The number of imidazole rings is 1. The van der Waals surface area contributed by atoms with E-state index in [9.17, 15) is 10.1 Å². The van der Waals surface area contributed by atoms with Gasteiger partial charge in [0.15, 0.2) is 5.78 Å². The van der Waals surface area contributed by atoms with E-state index in [0.29, 0.717) is 12.0 Å². The van der Waals surface area contributed by atoms with E-state index in [4.69, 9.17) is 0 Å². The number of hydrogen-bond donors (Lipinski definition) is 0. The Kier molecular flexibility index (Phi) is 3.91. The van der Waals surface area contributed by atoms with Gasteiger partial charge in [0.2, 0.25) is 0 Å². The fourth-order valence-corrected chi connectivity index (χ4v) is 3.55. The molecule has 1 atom stereocenters. The van der Waals surface area contributed by atoms with Crippen LogP contribution in [0.25, 0.3) is 11.1 Å². The van der Waals surface area contributed by atoms with Gasteiger partial charge in [-0.15, -0.1) is 0 Å². The van der Waals surface area contributed by atoms with Crippen molar-refractivity contribution < 1.29 is 4.79 Å². The molecule has 4 heteroatoms. The number of carbonyl (C=O) groups excluding carboxylic acids is 1. The summed E-state index contributed by atoms with van der Waals surface area (Å²) in [4.78, 5) is 17.1. The van der Waals surface area contributed by atoms with Crippen molar-refractivity contribution in [3.05, 3.63) is 77.9 Å². The van der Waals surface area contributed by atoms with Crippen LogP contribution in [0.15, 0.2) is 61.1 Å². The summed E-state index contributed by atoms with van der Waals surface area (Å²) < 4.78 is 1.99. The summed E-state index contributed by atoms with van der Waals surface area (Å²) in [6, 6.07) is 17.3. The summed E-state index contributed by atoms with van der Waals surface area (Å²) in [5.41, 5.74) is 4.54. The van der Waals surface area contributed by atoms with E-state index >= 15 is 0 Å². The van der Waals surface area contributed by atoms with Crippen LogP contribution >= 0.6 is 0 Å². The molecule has 1 aromatic heterocycles. The fraction of sp³-hybridized carbons (Fsp3) is 0.190. The van der Waals surface area contributed by atoms with Crippen LogP contribution in [0, 0.1) is 11.3 Å². The number of rotatable bonds is 2. The van der Waals surface area contributed by atoms with Gasteiger partial charge in [0.05, 0.1) is 18.0 Å². The lowest BCUT2D eigenvalue weighted by Gasteiger charge is -2.21. The number of carbonyl (C=O) groups is 1. The molecule has 0 aliphatic carbocycles. The molecule has 0 fully saturated rings. The summed E-state index contributed by atoms with van der Waals surface area (Å²) in [7, 11) is 0. The van der Waals surface area contributed by atoms with Gasteiger partial charge in [0.1, 0.15) is 6.04 Å². The van der Waals surface area contributed by atoms with E-state index in [1.54, 1.807) is 12.4 Å². The van der Waals surface area contributed by atoms with Crippen LogP contribution in [0.4, 0.5) is 0 Å². The van der Waals surface area contributed by atoms with Gasteiger partial charge in [0, 0.05) is 18.3 Å². The molecule has 1 aliphatic heterocycles. The first-order valence-corrected chi connectivity index (χ1v) is 8.41. The number of nitrogens with zero attached hydrogens (tertiary/aromatic N) is 3. The molecule has 2 aromatic carbocycles. The molecule has 0 radical (unpaired) electrons. The average Bonchev–Trinajstić information content (AvgIpc) is 3.05. The van der Waals surface area contributed by atoms with Crippen LogP contribution in [0.3, 0.4) is 0 Å². The van der Waals surface area contributed by atoms with Crippen molar-refractivity contribution in [2.45, 2.75) is 25.3 Å². The first-order valence-electron chi connectivity index (χ1n) is 8.41. The second-order valence-corrected chi connectivity index (χ2v) is 6.29. The topological polar surface area (TPSA) is 58.7 Å². The highest BCUT2D eigenvalue weighted by Crippen LogP contribution is 2.35. The van der Waals surface area contributed by atoms with Gasteiger partial charge in [-0.05, 0) is 41.7 Å². The Labute approximate surface area is 146 Å². The number of benzene rings is 2. The molecule has 2 heterocycles. The molecule has 0 bridgehead atoms. The van der Waals surface area contributed by atoms with Gasteiger partial charge >= 0.3 is 0 Å². The van der Waals surface area contributed by atoms with Crippen LogP contribution in [0.5, 0.6) is 0 Å². The Bertz CT molecular complexity index is 966. The predicted octanol–water partition coefficient (Wildman–Crippen LogP) is 3.92. The molecule has 1 aliphatic rings. The molecule has 4 rings (SSSR count). The van der Waals surface area contributed by atoms with Crippen molar-refractivity contribution in [1.82, 2.24) is 9.55 Å². The van der Waals surface area contributed by atoms with E-state index in [1.807, 2.05) is 53.2 Å². The number of aryl methyl sites for hydroxylation is 1. The fourth-order valence-electron chi connectivity index (χ4n) is 3.55. The van der Waals surface area contributed by atoms with Gasteiger partial charge in [-0.3, -0.25) is 4.79 Å². The minimum atomic E-state index is -0.386. The molecule has 0 saturated heterocycles. The van der Waals surface area contributed by atoms with Crippen LogP contribution in [0.2, 0.25) is 0 Å². The molecule has 25 heavy (non-hydrogen) atoms. The molecular formula is C21H17N3O. The van der Waals surface area contributed by atoms with Crippen molar-refractivity contribution in [2.75, 3.05) is 0 Å². The summed E-state index contributed by atoms with van der Waals surface area (Å²) in [5, 5.41) is 9.30. The number of nitriles is 1. The van der Waals surface area contributed by atoms with Gasteiger partial charge in [-0.2, -0.15) is 5.26 Å². The molecule has 0 amide bonds. The number of fused-ring (bicyclic) bond motifs is 1. The summed E-state index contributed by atoms with van der Waals surface area (Å²) >= 11 is 0. The van der Waals surface area contributed by atoms with E-state index < -0.39 is 0 Å². The lowest BCUT2D eigenvalue weighted by molar-refractivity contribution is -0.120. The number of aromatic nitrogens is 2. The number of hydrogen-bond acceptors (Lipinski definition) is 3. The van der Waals surface area contributed by atoms with Crippen molar-refractivity contribution in [2.24, 2.45) is 0 Å². The van der Waals surface area contributed by atoms with E-state index in [-0.39, 0.29) is 11.8 Å². The first-order chi connectivity index (χ1) is 12.3. The quantitative estimate of drug-likeness (QED) is 0.717.